The smallest absolute Gasteiger partial charge is 0.274 e. The summed E-state index contributed by atoms with van der Waals surface area (Å²) in [4.78, 5) is 24.5. The van der Waals surface area contributed by atoms with Gasteiger partial charge in [-0.2, -0.15) is 0 Å². The normalized spacial score (nSPS) is 19.3. The molecular formula is C12H20N6O. The molecule has 0 radical (unpaired) electrons. The van der Waals surface area contributed by atoms with Crippen molar-refractivity contribution in [3.63, 3.8) is 0 Å². The van der Waals surface area contributed by atoms with E-state index in [0.29, 0.717) is 24.6 Å². The maximum atomic E-state index is 12.4. The van der Waals surface area contributed by atoms with Gasteiger partial charge in [0.1, 0.15) is 5.69 Å². The Morgan fingerprint density at radius 3 is 2.79 bits per heavy atom. The topological polar surface area (TPSA) is 87.4 Å². The second-order valence-corrected chi connectivity index (χ2v) is 5.39. The summed E-state index contributed by atoms with van der Waals surface area (Å²) in [7, 11) is 2.07. The highest BCUT2D eigenvalue weighted by molar-refractivity contribution is 5.92. The first kappa shape index (κ1) is 13.7. The SMILES string of the molecule is CN1CCN(C(=O)c2cncc(NN)n2)CC1(C)C. The van der Waals surface area contributed by atoms with Crippen LogP contribution in [0.15, 0.2) is 12.4 Å². The second-order valence-electron chi connectivity index (χ2n) is 5.39. The summed E-state index contributed by atoms with van der Waals surface area (Å²) in [6.45, 7) is 6.46. The third kappa shape index (κ3) is 2.82. The fourth-order valence-electron chi connectivity index (χ4n) is 2.11. The number of nitrogens with one attached hydrogen (secondary N) is 1. The number of likely N-dealkylation sites (N-methyl/N-ethyl adjacent to an activating group) is 1. The highest BCUT2D eigenvalue weighted by Crippen LogP contribution is 2.20. The molecule has 3 N–H and O–H groups in total. The molecule has 104 valence electrons. The lowest BCUT2D eigenvalue weighted by molar-refractivity contribution is 0.0307. The van der Waals surface area contributed by atoms with Crippen LogP contribution < -0.4 is 11.3 Å². The van der Waals surface area contributed by atoms with Gasteiger partial charge < -0.3 is 10.3 Å². The summed E-state index contributed by atoms with van der Waals surface area (Å²) in [5.41, 5.74) is 2.67. The molecule has 0 atom stereocenters. The molecular weight excluding hydrogens is 244 g/mol. The number of carbonyl (C=O) groups is 1. The van der Waals surface area contributed by atoms with Crippen LogP contribution in [0.3, 0.4) is 0 Å². The molecule has 1 aliphatic heterocycles. The second kappa shape index (κ2) is 5.10. The standard InChI is InChI=1S/C12H20N6O/c1-12(2)8-18(5-4-17(12)3)11(19)9-6-14-7-10(15-9)16-13/h6-7H,4-5,8,13H2,1-3H3,(H,15,16). The molecule has 2 rings (SSSR count). The van der Waals surface area contributed by atoms with Gasteiger partial charge in [-0.25, -0.2) is 10.8 Å². The lowest BCUT2D eigenvalue weighted by Crippen LogP contribution is -2.58. The van der Waals surface area contributed by atoms with E-state index in [1.807, 2.05) is 4.90 Å². The van der Waals surface area contributed by atoms with Gasteiger partial charge in [-0.15, -0.1) is 0 Å². The molecule has 1 aromatic heterocycles. The predicted octanol–water partition coefficient (Wildman–Crippen LogP) is -0.0716. The van der Waals surface area contributed by atoms with Gasteiger partial charge in [0.15, 0.2) is 5.82 Å². The van der Waals surface area contributed by atoms with Crippen molar-refractivity contribution in [1.29, 1.82) is 0 Å². The van der Waals surface area contributed by atoms with Crippen LogP contribution in [0.25, 0.3) is 0 Å². The van der Waals surface area contributed by atoms with E-state index >= 15 is 0 Å². The Balaban J connectivity index is 2.15. The molecule has 0 spiro atoms. The zero-order chi connectivity index (χ0) is 14.0. The van der Waals surface area contributed by atoms with Crippen LogP contribution in [0.4, 0.5) is 5.82 Å². The molecule has 1 amide bonds. The van der Waals surface area contributed by atoms with Crippen molar-refractivity contribution in [2.24, 2.45) is 5.84 Å². The van der Waals surface area contributed by atoms with Crippen LogP contribution >= 0.6 is 0 Å². The fourth-order valence-corrected chi connectivity index (χ4v) is 2.11. The van der Waals surface area contributed by atoms with E-state index in [2.05, 4.69) is 41.2 Å². The van der Waals surface area contributed by atoms with Crippen molar-refractivity contribution in [3.8, 4) is 0 Å². The molecule has 0 aromatic carbocycles. The molecule has 19 heavy (non-hydrogen) atoms. The van der Waals surface area contributed by atoms with Crippen molar-refractivity contribution < 1.29 is 4.79 Å². The minimum Gasteiger partial charge on any atom is -0.334 e. The average molecular weight is 264 g/mol. The Bertz CT molecular complexity index is 475. The van der Waals surface area contributed by atoms with Crippen LogP contribution in [-0.4, -0.2) is 57.9 Å². The highest BCUT2D eigenvalue weighted by atomic mass is 16.2. The Kier molecular flexibility index (Phi) is 3.68. The number of rotatable bonds is 2. The number of nitrogen functional groups attached to an aromatic ring is 1. The first-order valence-corrected chi connectivity index (χ1v) is 6.23. The largest absolute Gasteiger partial charge is 0.334 e. The maximum Gasteiger partial charge on any atom is 0.274 e. The van der Waals surface area contributed by atoms with Gasteiger partial charge in [0.2, 0.25) is 0 Å². The summed E-state index contributed by atoms with van der Waals surface area (Å²) in [6, 6.07) is 0. The number of hydrazine groups is 1. The Labute approximate surface area is 112 Å². The van der Waals surface area contributed by atoms with Gasteiger partial charge in [0.25, 0.3) is 5.91 Å². The van der Waals surface area contributed by atoms with E-state index in [1.165, 1.54) is 12.4 Å². The molecule has 7 heteroatoms. The zero-order valence-electron chi connectivity index (χ0n) is 11.6. The number of hydrogen-bond donors (Lipinski definition) is 2. The van der Waals surface area contributed by atoms with Crippen molar-refractivity contribution in [2.45, 2.75) is 19.4 Å². The fraction of sp³-hybridized carbons (Fsp3) is 0.583. The Morgan fingerprint density at radius 2 is 2.16 bits per heavy atom. The number of nitrogens with zero attached hydrogens (tertiary/aromatic N) is 4. The van der Waals surface area contributed by atoms with Gasteiger partial charge in [0.05, 0.1) is 12.4 Å². The molecule has 2 heterocycles. The number of anilines is 1. The number of hydrogen-bond acceptors (Lipinski definition) is 6. The van der Waals surface area contributed by atoms with Crippen LogP contribution in [0, 0.1) is 0 Å². The first-order chi connectivity index (χ1) is 8.94. The summed E-state index contributed by atoms with van der Waals surface area (Å²) < 4.78 is 0. The van der Waals surface area contributed by atoms with Crippen LogP contribution in [0.2, 0.25) is 0 Å². The predicted molar refractivity (Wildman–Crippen MR) is 72.5 cm³/mol. The number of piperazine rings is 1. The molecule has 0 aliphatic carbocycles. The van der Waals surface area contributed by atoms with E-state index in [0.717, 1.165) is 6.54 Å². The third-order valence-electron chi connectivity index (χ3n) is 3.61. The monoisotopic (exact) mass is 264 g/mol. The summed E-state index contributed by atoms with van der Waals surface area (Å²) in [6.07, 6.45) is 2.94. The molecule has 1 aliphatic rings. The van der Waals surface area contributed by atoms with Crippen molar-refractivity contribution in [1.82, 2.24) is 19.8 Å². The number of aromatic nitrogens is 2. The van der Waals surface area contributed by atoms with Gasteiger partial charge in [-0.05, 0) is 20.9 Å². The van der Waals surface area contributed by atoms with Gasteiger partial charge in [0, 0.05) is 25.2 Å². The average Bonchev–Trinajstić information content (AvgIpc) is 2.41. The molecule has 0 saturated carbocycles. The summed E-state index contributed by atoms with van der Waals surface area (Å²) in [5.74, 6) is 5.56. The Morgan fingerprint density at radius 1 is 1.42 bits per heavy atom. The van der Waals surface area contributed by atoms with Gasteiger partial charge >= 0.3 is 0 Å². The number of amides is 1. The van der Waals surface area contributed by atoms with Crippen LogP contribution in [-0.2, 0) is 0 Å². The minimum atomic E-state index is -0.106. The van der Waals surface area contributed by atoms with Crippen LogP contribution in [0.1, 0.15) is 24.3 Å². The third-order valence-corrected chi connectivity index (χ3v) is 3.61. The highest BCUT2D eigenvalue weighted by Gasteiger charge is 2.33. The molecule has 1 aromatic rings. The molecule has 7 nitrogen and oxygen atoms in total. The maximum absolute atomic E-state index is 12.4. The lowest BCUT2D eigenvalue weighted by atomic mass is 9.99. The van der Waals surface area contributed by atoms with E-state index < -0.39 is 0 Å². The van der Waals surface area contributed by atoms with E-state index in [-0.39, 0.29) is 11.4 Å². The van der Waals surface area contributed by atoms with Gasteiger partial charge in [-0.1, -0.05) is 0 Å². The number of nitrogens with two attached hydrogens (primary N) is 1. The molecule has 0 unspecified atom stereocenters. The molecule has 1 fully saturated rings. The van der Waals surface area contributed by atoms with Gasteiger partial charge in [-0.3, -0.25) is 14.7 Å². The zero-order valence-corrected chi connectivity index (χ0v) is 11.6. The van der Waals surface area contributed by atoms with Crippen molar-refractivity contribution in [2.75, 3.05) is 32.1 Å². The lowest BCUT2D eigenvalue weighted by Gasteiger charge is -2.45. The molecule has 0 bridgehead atoms. The van der Waals surface area contributed by atoms with E-state index in [4.69, 9.17) is 5.84 Å². The van der Waals surface area contributed by atoms with Crippen LogP contribution in [0.5, 0.6) is 0 Å². The minimum absolute atomic E-state index is 0.0366. The Hall–Kier alpha value is -1.73. The summed E-state index contributed by atoms with van der Waals surface area (Å²) in [5, 5.41) is 0. The van der Waals surface area contributed by atoms with E-state index in [1.54, 1.807) is 0 Å². The van der Waals surface area contributed by atoms with Crippen molar-refractivity contribution in [3.05, 3.63) is 18.1 Å². The van der Waals surface area contributed by atoms with Crippen molar-refractivity contribution >= 4 is 11.7 Å². The quantitative estimate of drug-likeness (QED) is 0.574. The van der Waals surface area contributed by atoms with E-state index in [9.17, 15) is 4.79 Å². The number of carbonyl (C=O) groups excluding carboxylic acids is 1. The summed E-state index contributed by atoms with van der Waals surface area (Å²) >= 11 is 0. The first-order valence-electron chi connectivity index (χ1n) is 6.23. The molecule has 1 saturated heterocycles.